The topological polar surface area (TPSA) is 38.0 Å². The summed E-state index contributed by atoms with van der Waals surface area (Å²) in [5, 5.41) is 3.60. The van der Waals surface area contributed by atoms with Crippen LogP contribution in [0.15, 0.2) is 0 Å². The van der Waals surface area contributed by atoms with Crippen LogP contribution in [-0.4, -0.2) is 19.1 Å². The van der Waals surface area contributed by atoms with Crippen molar-refractivity contribution < 1.29 is 0 Å². The Morgan fingerprint density at radius 1 is 1.38 bits per heavy atom. The maximum absolute atomic E-state index is 5.81. The molecule has 1 fully saturated rings. The molecular weight excluding hydrogens is 160 g/mol. The van der Waals surface area contributed by atoms with Crippen molar-refractivity contribution in [1.82, 2.24) is 5.32 Å². The van der Waals surface area contributed by atoms with Gasteiger partial charge in [-0.2, -0.15) is 0 Å². The van der Waals surface area contributed by atoms with Gasteiger partial charge in [0.1, 0.15) is 0 Å². The van der Waals surface area contributed by atoms with Crippen LogP contribution < -0.4 is 11.1 Å². The summed E-state index contributed by atoms with van der Waals surface area (Å²) in [6.07, 6.45) is 5.32. The smallest absolute Gasteiger partial charge is 0.0107 e. The molecule has 0 aliphatic carbocycles. The van der Waals surface area contributed by atoms with Gasteiger partial charge in [0.05, 0.1) is 0 Å². The minimum Gasteiger partial charge on any atom is -0.330 e. The lowest BCUT2D eigenvalue weighted by molar-refractivity contribution is 0.265. The summed E-state index contributed by atoms with van der Waals surface area (Å²) in [5.41, 5.74) is 5.81. The first kappa shape index (κ1) is 11.0. The van der Waals surface area contributed by atoms with E-state index in [0.29, 0.717) is 12.0 Å². The maximum Gasteiger partial charge on any atom is 0.0107 e. The van der Waals surface area contributed by atoms with Gasteiger partial charge in [-0.15, -0.1) is 0 Å². The zero-order chi connectivity index (χ0) is 9.68. The second kappa shape index (κ2) is 5.61. The van der Waals surface area contributed by atoms with Gasteiger partial charge in [-0.05, 0) is 44.2 Å². The van der Waals surface area contributed by atoms with E-state index in [1.807, 2.05) is 0 Å². The third kappa shape index (κ3) is 3.65. The summed E-state index contributed by atoms with van der Waals surface area (Å²) in [6, 6.07) is 0.696. The SMILES string of the molecule is CC(C)C[C@H](CN)[C@@H]1CCCCN1. The van der Waals surface area contributed by atoms with Crippen LogP contribution in [0.5, 0.6) is 0 Å². The van der Waals surface area contributed by atoms with Crippen LogP contribution >= 0.6 is 0 Å². The van der Waals surface area contributed by atoms with Crippen LogP contribution in [0.25, 0.3) is 0 Å². The Balaban J connectivity index is 2.34. The average molecular weight is 184 g/mol. The van der Waals surface area contributed by atoms with Gasteiger partial charge in [-0.25, -0.2) is 0 Å². The van der Waals surface area contributed by atoms with Gasteiger partial charge in [-0.3, -0.25) is 0 Å². The minimum absolute atomic E-state index is 0.695. The molecule has 1 aliphatic heterocycles. The Bertz CT molecular complexity index is 128. The zero-order valence-corrected chi connectivity index (χ0v) is 9.05. The molecule has 0 aromatic carbocycles. The first-order valence-electron chi connectivity index (χ1n) is 5.67. The van der Waals surface area contributed by atoms with Gasteiger partial charge < -0.3 is 11.1 Å². The molecule has 1 saturated heterocycles. The number of piperidine rings is 1. The Hall–Kier alpha value is -0.0800. The molecule has 0 aromatic rings. The van der Waals surface area contributed by atoms with Gasteiger partial charge in [0.2, 0.25) is 0 Å². The van der Waals surface area contributed by atoms with Gasteiger partial charge >= 0.3 is 0 Å². The molecule has 1 rings (SSSR count). The Labute approximate surface area is 82.3 Å². The number of nitrogens with one attached hydrogen (secondary N) is 1. The predicted octanol–water partition coefficient (Wildman–Crippen LogP) is 1.75. The highest BCUT2D eigenvalue weighted by Gasteiger charge is 2.22. The molecule has 2 nitrogen and oxygen atoms in total. The summed E-state index contributed by atoms with van der Waals surface area (Å²) in [7, 11) is 0. The first-order chi connectivity index (χ1) is 6.24. The van der Waals surface area contributed by atoms with E-state index in [-0.39, 0.29) is 0 Å². The van der Waals surface area contributed by atoms with Crippen molar-refractivity contribution in [3.8, 4) is 0 Å². The molecule has 1 heterocycles. The molecule has 0 unspecified atom stereocenters. The van der Waals surface area contributed by atoms with Gasteiger partial charge in [0.15, 0.2) is 0 Å². The normalized spacial score (nSPS) is 26.3. The van der Waals surface area contributed by atoms with Crippen molar-refractivity contribution in [2.45, 2.75) is 45.6 Å². The maximum atomic E-state index is 5.81. The molecule has 0 radical (unpaired) electrons. The number of rotatable bonds is 4. The predicted molar refractivity (Wildman–Crippen MR) is 57.6 cm³/mol. The van der Waals surface area contributed by atoms with Gasteiger partial charge in [0, 0.05) is 6.04 Å². The molecule has 0 spiro atoms. The number of hydrogen-bond acceptors (Lipinski definition) is 2. The highest BCUT2D eigenvalue weighted by Crippen LogP contribution is 2.20. The van der Waals surface area contributed by atoms with Crippen molar-refractivity contribution in [3.05, 3.63) is 0 Å². The van der Waals surface area contributed by atoms with Crippen LogP contribution in [-0.2, 0) is 0 Å². The summed E-state index contributed by atoms with van der Waals surface area (Å²) < 4.78 is 0. The summed E-state index contributed by atoms with van der Waals surface area (Å²) in [4.78, 5) is 0. The monoisotopic (exact) mass is 184 g/mol. The molecule has 3 N–H and O–H groups in total. The highest BCUT2D eigenvalue weighted by molar-refractivity contribution is 4.80. The van der Waals surface area contributed by atoms with E-state index in [0.717, 1.165) is 12.5 Å². The Morgan fingerprint density at radius 3 is 2.62 bits per heavy atom. The Kier molecular flexibility index (Phi) is 4.74. The van der Waals surface area contributed by atoms with Gasteiger partial charge in [0.25, 0.3) is 0 Å². The molecule has 0 bridgehead atoms. The van der Waals surface area contributed by atoms with E-state index < -0.39 is 0 Å². The third-order valence-electron chi connectivity index (χ3n) is 2.99. The summed E-state index contributed by atoms with van der Waals surface area (Å²) >= 11 is 0. The standard InChI is InChI=1S/C11H24N2/c1-9(2)7-10(8-12)11-5-3-4-6-13-11/h9-11,13H,3-8,12H2,1-2H3/t10-,11+/m1/s1. The van der Waals surface area contributed by atoms with Crippen molar-refractivity contribution >= 4 is 0 Å². The number of hydrogen-bond donors (Lipinski definition) is 2. The van der Waals surface area contributed by atoms with Crippen LogP contribution in [0.1, 0.15) is 39.5 Å². The van der Waals surface area contributed by atoms with E-state index in [9.17, 15) is 0 Å². The van der Waals surface area contributed by atoms with E-state index in [1.54, 1.807) is 0 Å². The van der Waals surface area contributed by atoms with E-state index in [2.05, 4.69) is 19.2 Å². The molecule has 0 aromatic heterocycles. The van der Waals surface area contributed by atoms with Crippen molar-refractivity contribution in [3.63, 3.8) is 0 Å². The van der Waals surface area contributed by atoms with E-state index in [1.165, 1.54) is 32.2 Å². The van der Waals surface area contributed by atoms with E-state index >= 15 is 0 Å². The second-order valence-corrected chi connectivity index (χ2v) is 4.68. The summed E-state index contributed by atoms with van der Waals surface area (Å²) in [6.45, 7) is 6.60. The minimum atomic E-state index is 0.695. The quantitative estimate of drug-likeness (QED) is 0.698. The van der Waals surface area contributed by atoms with Crippen molar-refractivity contribution in [2.24, 2.45) is 17.6 Å². The van der Waals surface area contributed by atoms with Crippen LogP contribution in [0.4, 0.5) is 0 Å². The highest BCUT2D eigenvalue weighted by atomic mass is 14.9. The molecule has 0 amide bonds. The first-order valence-corrected chi connectivity index (χ1v) is 5.67. The van der Waals surface area contributed by atoms with Gasteiger partial charge in [-0.1, -0.05) is 20.3 Å². The largest absolute Gasteiger partial charge is 0.330 e. The molecule has 1 aliphatic rings. The number of nitrogens with two attached hydrogens (primary N) is 1. The second-order valence-electron chi connectivity index (χ2n) is 4.68. The van der Waals surface area contributed by atoms with Crippen LogP contribution in [0, 0.1) is 11.8 Å². The van der Waals surface area contributed by atoms with Crippen molar-refractivity contribution in [2.75, 3.05) is 13.1 Å². The molecular formula is C11H24N2. The van der Waals surface area contributed by atoms with E-state index in [4.69, 9.17) is 5.73 Å². The zero-order valence-electron chi connectivity index (χ0n) is 9.05. The average Bonchev–Trinajstić information content (AvgIpc) is 2.15. The summed E-state index contributed by atoms with van der Waals surface area (Å²) in [5.74, 6) is 1.47. The Morgan fingerprint density at radius 2 is 2.15 bits per heavy atom. The molecule has 2 heteroatoms. The lowest BCUT2D eigenvalue weighted by Gasteiger charge is -2.31. The fraction of sp³-hybridized carbons (Fsp3) is 1.00. The lowest BCUT2D eigenvalue weighted by Crippen LogP contribution is -2.43. The fourth-order valence-electron chi connectivity index (χ4n) is 2.31. The molecule has 13 heavy (non-hydrogen) atoms. The third-order valence-corrected chi connectivity index (χ3v) is 2.99. The molecule has 78 valence electrons. The fourth-order valence-corrected chi connectivity index (χ4v) is 2.31. The van der Waals surface area contributed by atoms with Crippen molar-refractivity contribution in [1.29, 1.82) is 0 Å². The lowest BCUT2D eigenvalue weighted by atomic mass is 9.86. The van der Waals surface area contributed by atoms with Crippen LogP contribution in [0.3, 0.4) is 0 Å². The van der Waals surface area contributed by atoms with Crippen LogP contribution in [0.2, 0.25) is 0 Å². The molecule has 2 atom stereocenters. The molecule has 0 saturated carbocycles.